The molecule has 0 bridgehead atoms. The molecule has 2 aromatic carbocycles. The lowest BCUT2D eigenvalue weighted by Crippen LogP contribution is -2.15. The molecule has 140 valence electrons. The van der Waals surface area contributed by atoms with Crippen molar-refractivity contribution >= 4 is 14.7 Å². The van der Waals surface area contributed by atoms with Crippen molar-refractivity contribution in [1.82, 2.24) is 0 Å². The molecule has 2 heteroatoms. The van der Waals surface area contributed by atoms with Gasteiger partial charge >= 0.3 is 0 Å². The van der Waals surface area contributed by atoms with E-state index in [-0.39, 0.29) is 0 Å². The van der Waals surface area contributed by atoms with Gasteiger partial charge in [0.25, 0.3) is 0 Å². The second kappa shape index (κ2) is 10.6. The second-order valence-corrected chi connectivity index (χ2v) is 8.94. The molecule has 0 heterocycles. The predicted molar refractivity (Wildman–Crippen MR) is 115 cm³/mol. The van der Waals surface area contributed by atoms with Gasteiger partial charge in [0.15, 0.2) is 0 Å². The molecule has 1 N–H and O–H groups in total. The first-order valence-corrected chi connectivity index (χ1v) is 11.4. The van der Waals surface area contributed by atoms with Crippen molar-refractivity contribution in [2.75, 3.05) is 0 Å². The smallest absolute Gasteiger partial charge is 0.119 e. The maximum atomic E-state index is 10.4. The molecule has 1 nitrogen and oxygen atoms in total. The topological polar surface area (TPSA) is 20.2 Å². The number of phenolic OH excluding ortho intramolecular Hbond substituents is 1. The Hall–Kier alpha value is -1.54. The summed E-state index contributed by atoms with van der Waals surface area (Å²) >= 11 is 0. The van der Waals surface area contributed by atoms with Crippen LogP contribution in [0.2, 0.25) is 6.04 Å². The van der Waals surface area contributed by atoms with Crippen LogP contribution in [0.25, 0.3) is 0 Å². The van der Waals surface area contributed by atoms with E-state index >= 15 is 0 Å². The fourth-order valence-corrected chi connectivity index (χ4v) is 4.89. The van der Waals surface area contributed by atoms with Gasteiger partial charge in [0.1, 0.15) is 5.75 Å². The number of hydrogen-bond acceptors (Lipinski definition) is 1. The summed E-state index contributed by atoms with van der Waals surface area (Å²) in [5, 5.41) is 11.9. The third kappa shape index (κ3) is 6.32. The SMILES string of the molecule is CCCCc1cc(CC[Si]c2cc(C)cc(C)c2)c(CCCC)cc1O. The Morgan fingerprint density at radius 3 is 1.92 bits per heavy atom. The highest BCUT2D eigenvalue weighted by Crippen LogP contribution is 2.26. The van der Waals surface area contributed by atoms with Crippen LogP contribution in [0.5, 0.6) is 5.75 Å². The van der Waals surface area contributed by atoms with Crippen molar-refractivity contribution in [2.24, 2.45) is 0 Å². The number of hydrogen-bond donors (Lipinski definition) is 1. The first kappa shape index (κ1) is 20.8. The summed E-state index contributed by atoms with van der Waals surface area (Å²) in [6.45, 7) is 8.81. The zero-order valence-corrected chi connectivity index (χ0v) is 18.0. The molecule has 0 spiro atoms. The fraction of sp³-hybridized carbons (Fsp3) is 0.500. The molecule has 0 saturated carbocycles. The Balaban J connectivity index is 2.10. The van der Waals surface area contributed by atoms with Crippen molar-refractivity contribution in [3.8, 4) is 5.75 Å². The molecule has 0 aliphatic rings. The Morgan fingerprint density at radius 2 is 1.31 bits per heavy atom. The van der Waals surface area contributed by atoms with E-state index in [2.05, 4.69) is 58.0 Å². The van der Waals surface area contributed by atoms with Crippen LogP contribution in [0.4, 0.5) is 0 Å². The summed E-state index contributed by atoms with van der Waals surface area (Å²) in [5.41, 5.74) is 6.68. The molecule has 0 aliphatic carbocycles. The lowest BCUT2D eigenvalue weighted by molar-refractivity contribution is 0.465. The largest absolute Gasteiger partial charge is 0.508 e. The third-order valence-corrected chi connectivity index (χ3v) is 6.14. The van der Waals surface area contributed by atoms with Crippen LogP contribution < -0.4 is 5.19 Å². The molecule has 0 aliphatic heterocycles. The van der Waals surface area contributed by atoms with Crippen molar-refractivity contribution < 1.29 is 5.11 Å². The number of rotatable bonds is 10. The molecule has 0 amide bonds. The van der Waals surface area contributed by atoms with Gasteiger partial charge in [-0.25, -0.2) is 0 Å². The number of unbranched alkanes of at least 4 members (excludes halogenated alkanes) is 2. The minimum absolute atomic E-state index is 0.505. The van der Waals surface area contributed by atoms with Crippen LogP contribution in [0.3, 0.4) is 0 Å². The van der Waals surface area contributed by atoms with E-state index in [4.69, 9.17) is 0 Å². The molecule has 0 atom stereocenters. The van der Waals surface area contributed by atoms with Gasteiger partial charge in [0, 0.05) is 0 Å². The van der Waals surface area contributed by atoms with Crippen molar-refractivity contribution in [2.45, 2.75) is 78.7 Å². The molecule has 26 heavy (non-hydrogen) atoms. The van der Waals surface area contributed by atoms with Crippen LogP contribution in [0.1, 0.15) is 67.3 Å². The van der Waals surface area contributed by atoms with Crippen LogP contribution in [-0.2, 0) is 19.3 Å². The molecular formula is C24H34OSi. The standard InChI is InChI=1S/C24H34OSi/c1-5-7-9-20-17-24(25)22(10-8-6-2)16-21(20)11-12-26-23-14-18(3)13-19(4)15-23/h13-17,25H,5-12H2,1-4H3. The zero-order valence-electron chi connectivity index (χ0n) is 17.0. The number of phenols is 1. The minimum Gasteiger partial charge on any atom is -0.508 e. The summed E-state index contributed by atoms with van der Waals surface area (Å²) < 4.78 is 0. The summed E-state index contributed by atoms with van der Waals surface area (Å²) in [6, 6.07) is 12.4. The minimum atomic E-state index is 0.505. The van der Waals surface area contributed by atoms with Crippen molar-refractivity contribution in [1.29, 1.82) is 0 Å². The molecular weight excluding hydrogens is 332 g/mol. The zero-order chi connectivity index (χ0) is 18.9. The highest BCUT2D eigenvalue weighted by atomic mass is 28.2. The van der Waals surface area contributed by atoms with Crippen LogP contribution in [0, 0.1) is 13.8 Å². The molecule has 2 radical (unpaired) electrons. The number of aryl methyl sites for hydroxylation is 5. The number of aromatic hydroxyl groups is 1. The molecule has 2 rings (SSSR count). The number of benzene rings is 2. The van der Waals surface area contributed by atoms with E-state index in [1.165, 1.54) is 52.7 Å². The second-order valence-electron chi connectivity index (χ2n) is 7.51. The van der Waals surface area contributed by atoms with Gasteiger partial charge < -0.3 is 5.11 Å². The van der Waals surface area contributed by atoms with Gasteiger partial charge in [-0.05, 0) is 68.7 Å². The molecule has 0 saturated heterocycles. The summed E-state index contributed by atoms with van der Waals surface area (Å²) in [5.74, 6) is 0.505. The maximum Gasteiger partial charge on any atom is 0.119 e. The average Bonchev–Trinajstić information content (AvgIpc) is 2.59. The van der Waals surface area contributed by atoms with E-state index in [0.717, 1.165) is 40.8 Å². The predicted octanol–water partition coefficient (Wildman–Crippen LogP) is 5.68. The third-order valence-electron chi connectivity index (χ3n) is 4.95. The quantitative estimate of drug-likeness (QED) is 0.536. The fourth-order valence-electron chi connectivity index (χ4n) is 3.55. The van der Waals surface area contributed by atoms with Gasteiger partial charge in [-0.15, -0.1) is 0 Å². The first-order valence-electron chi connectivity index (χ1n) is 10.2. The Labute approximate surface area is 162 Å². The highest BCUT2D eigenvalue weighted by molar-refractivity contribution is 6.53. The van der Waals surface area contributed by atoms with E-state index in [1.807, 2.05) is 0 Å². The lowest BCUT2D eigenvalue weighted by atomic mass is 9.95. The van der Waals surface area contributed by atoms with Gasteiger partial charge in [-0.2, -0.15) is 0 Å². The highest BCUT2D eigenvalue weighted by Gasteiger charge is 2.10. The molecule has 0 unspecified atom stereocenters. The monoisotopic (exact) mass is 366 g/mol. The van der Waals surface area contributed by atoms with E-state index in [1.54, 1.807) is 0 Å². The van der Waals surface area contributed by atoms with E-state index in [9.17, 15) is 5.11 Å². The van der Waals surface area contributed by atoms with Crippen molar-refractivity contribution in [3.05, 3.63) is 58.1 Å². The van der Waals surface area contributed by atoms with Crippen LogP contribution in [0.15, 0.2) is 30.3 Å². The summed E-state index contributed by atoms with van der Waals surface area (Å²) in [4.78, 5) is 0. The molecule has 0 aromatic heterocycles. The first-order chi connectivity index (χ1) is 12.5. The normalized spacial score (nSPS) is 11.1. The van der Waals surface area contributed by atoms with Gasteiger partial charge in [-0.3, -0.25) is 0 Å². The molecule has 0 fully saturated rings. The van der Waals surface area contributed by atoms with Crippen LogP contribution in [-0.4, -0.2) is 14.6 Å². The summed E-state index contributed by atoms with van der Waals surface area (Å²) in [6.07, 6.45) is 7.89. The van der Waals surface area contributed by atoms with Gasteiger partial charge in [-0.1, -0.05) is 73.3 Å². The Morgan fingerprint density at radius 1 is 0.731 bits per heavy atom. The van der Waals surface area contributed by atoms with Gasteiger partial charge in [0.2, 0.25) is 0 Å². The van der Waals surface area contributed by atoms with Crippen molar-refractivity contribution in [3.63, 3.8) is 0 Å². The maximum absolute atomic E-state index is 10.4. The Bertz CT molecular complexity index is 685. The molecule has 2 aromatic rings. The Kier molecular flexibility index (Phi) is 8.44. The van der Waals surface area contributed by atoms with Gasteiger partial charge in [0.05, 0.1) is 9.52 Å². The summed E-state index contributed by atoms with van der Waals surface area (Å²) in [7, 11) is 0.854. The van der Waals surface area contributed by atoms with E-state index < -0.39 is 0 Å². The lowest BCUT2D eigenvalue weighted by Gasteiger charge is -2.14. The van der Waals surface area contributed by atoms with Crippen LogP contribution >= 0.6 is 0 Å². The van der Waals surface area contributed by atoms with E-state index in [0.29, 0.717) is 5.75 Å². The average molecular weight is 367 g/mol.